The lowest BCUT2D eigenvalue weighted by molar-refractivity contribution is 0.0129. The Bertz CT molecular complexity index is 177. The Labute approximate surface area is 92.6 Å². The predicted molar refractivity (Wildman–Crippen MR) is 61.2 cm³/mol. The zero-order chi connectivity index (χ0) is 10.5. The highest BCUT2D eigenvalue weighted by atomic mass is 16.5. The van der Waals surface area contributed by atoms with Crippen molar-refractivity contribution < 1.29 is 4.74 Å². The average molecular weight is 213 g/mol. The van der Waals surface area contributed by atoms with Gasteiger partial charge in [0.2, 0.25) is 0 Å². The van der Waals surface area contributed by atoms with Gasteiger partial charge in [-0.3, -0.25) is 0 Å². The van der Waals surface area contributed by atoms with Gasteiger partial charge in [-0.05, 0) is 13.5 Å². The Morgan fingerprint density at radius 2 is 1.93 bits per heavy atom. The molecule has 0 aliphatic carbocycles. The smallest absolute Gasteiger partial charge is 0.0823 e. The highest BCUT2D eigenvalue weighted by molar-refractivity contribution is 4.75. The summed E-state index contributed by atoms with van der Waals surface area (Å²) >= 11 is 0. The normalized spacial score (nSPS) is 25.4. The van der Waals surface area contributed by atoms with Gasteiger partial charge in [0.15, 0.2) is 0 Å². The molecule has 0 amide bonds. The molecular weight excluding hydrogens is 190 g/mol. The molecule has 4 heteroatoms. The zero-order valence-electron chi connectivity index (χ0n) is 9.74. The average Bonchev–Trinajstić information content (AvgIpc) is 2.18. The molecule has 0 bridgehead atoms. The van der Waals surface area contributed by atoms with E-state index in [1.54, 1.807) is 0 Å². The van der Waals surface area contributed by atoms with E-state index in [-0.39, 0.29) is 0 Å². The molecule has 0 aromatic heterocycles. The lowest BCUT2D eigenvalue weighted by Gasteiger charge is -2.32. The molecule has 2 aliphatic rings. The van der Waals surface area contributed by atoms with E-state index < -0.39 is 0 Å². The van der Waals surface area contributed by atoms with Gasteiger partial charge in [-0.15, -0.1) is 0 Å². The summed E-state index contributed by atoms with van der Waals surface area (Å²) in [5, 5.41) is 3.22. The molecule has 1 N–H and O–H groups in total. The van der Waals surface area contributed by atoms with E-state index in [2.05, 4.69) is 22.2 Å². The number of likely N-dealkylation sites (N-methyl/N-ethyl adjacent to an activating group) is 1. The van der Waals surface area contributed by atoms with Crippen LogP contribution in [0.1, 0.15) is 6.42 Å². The van der Waals surface area contributed by atoms with Crippen LogP contribution in [0.25, 0.3) is 0 Å². The molecule has 0 aromatic carbocycles. The highest BCUT2D eigenvalue weighted by Gasteiger charge is 2.17. The van der Waals surface area contributed by atoms with E-state index in [1.807, 2.05) is 0 Å². The first-order valence-electron chi connectivity index (χ1n) is 6.08. The van der Waals surface area contributed by atoms with Crippen LogP contribution in [-0.4, -0.2) is 75.4 Å². The van der Waals surface area contributed by atoms with Crippen molar-refractivity contribution in [2.75, 3.05) is 59.5 Å². The summed E-state index contributed by atoms with van der Waals surface area (Å²) in [6, 6.07) is 0. The molecule has 2 heterocycles. The fraction of sp³-hybridized carbons (Fsp3) is 1.00. The molecule has 2 fully saturated rings. The minimum absolute atomic E-state index is 0.498. The van der Waals surface area contributed by atoms with Gasteiger partial charge < -0.3 is 19.9 Å². The molecule has 0 unspecified atom stereocenters. The van der Waals surface area contributed by atoms with Gasteiger partial charge >= 0.3 is 0 Å². The van der Waals surface area contributed by atoms with E-state index in [0.29, 0.717) is 6.10 Å². The maximum Gasteiger partial charge on any atom is 0.0823 e. The number of ether oxygens (including phenoxy) is 1. The van der Waals surface area contributed by atoms with Gasteiger partial charge in [-0.1, -0.05) is 0 Å². The molecule has 15 heavy (non-hydrogen) atoms. The molecule has 0 radical (unpaired) electrons. The molecule has 4 nitrogen and oxygen atoms in total. The van der Waals surface area contributed by atoms with Crippen LogP contribution < -0.4 is 5.32 Å². The number of nitrogens with zero attached hydrogens (tertiary/aromatic N) is 2. The highest BCUT2D eigenvalue weighted by Crippen LogP contribution is 2.02. The number of hydrogen-bond donors (Lipinski definition) is 1. The quantitative estimate of drug-likeness (QED) is 0.630. The predicted octanol–water partition coefficient (Wildman–Crippen LogP) is -0.388. The Morgan fingerprint density at radius 1 is 1.20 bits per heavy atom. The fourth-order valence-electron chi connectivity index (χ4n) is 1.99. The Hall–Kier alpha value is -0.160. The van der Waals surface area contributed by atoms with Gasteiger partial charge in [0.05, 0.1) is 6.10 Å². The van der Waals surface area contributed by atoms with Crippen molar-refractivity contribution in [1.82, 2.24) is 15.1 Å². The monoisotopic (exact) mass is 213 g/mol. The minimum Gasteiger partial charge on any atom is -0.376 e. The van der Waals surface area contributed by atoms with Crippen molar-refractivity contribution in [1.29, 1.82) is 0 Å². The molecule has 2 aliphatic heterocycles. The van der Waals surface area contributed by atoms with E-state index in [0.717, 1.165) is 19.7 Å². The van der Waals surface area contributed by atoms with Crippen LogP contribution in [-0.2, 0) is 4.74 Å². The fourth-order valence-corrected chi connectivity index (χ4v) is 1.99. The zero-order valence-corrected chi connectivity index (χ0v) is 9.74. The summed E-state index contributed by atoms with van der Waals surface area (Å²) in [6.07, 6.45) is 1.68. The number of piperazine rings is 1. The van der Waals surface area contributed by atoms with E-state index in [9.17, 15) is 0 Å². The second-order valence-electron chi connectivity index (χ2n) is 4.65. The second-order valence-corrected chi connectivity index (χ2v) is 4.65. The van der Waals surface area contributed by atoms with Crippen molar-refractivity contribution in [3.05, 3.63) is 0 Å². The lowest BCUT2D eigenvalue weighted by atomic mass is 10.2. The summed E-state index contributed by atoms with van der Waals surface area (Å²) in [6.45, 7) is 9.11. The molecule has 2 rings (SSSR count). The third kappa shape index (κ3) is 3.72. The van der Waals surface area contributed by atoms with E-state index in [4.69, 9.17) is 4.74 Å². The maximum atomic E-state index is 5.69. The van der Waals surface area contributed by atoms with E-state index in [1.165, 1.54) is 39.1 Å². The molecule has 2 saturated heterocycles. The first-order chi connectivity index (χ1) is 7.34. The maximum absolute atomic E-state index is 5.69. The van der Waals surface area contributed by atoms with Gasteiger partial charge in [0, 0.05) is 52.4 Å². The number of rotatable bonds is 5. The third-order valence-corrected chi connectivity index (χ3v) is 3.31. The molecule has 0 atom stereocenters. The largest absolute Gasteiger partial charge is 0.376 e. The summed E-state index contributed by atoms with van der Waals surface area (Å²) in [7, 11) is 2.20. The third-order valence-electron chi connectivity index (χ3n) is 3.31. The van der Waals surface area contributed by atoms with Crippen molar-refractivity contribution >= 4 is 0 Å². The molecule has 88 valence electrons. The molecule has 0 aromatic rings. The Kier molecular flexibility index (Phi) is 4.38. The lowest BCUT2D eigenvalue weighted by Crippen LogP contribution is -2.49. The van der Waals surface area contributed by atoms with Crippen molar-refractivity contribution in [3.63, 3.8) is 0 Å². The number of nitrogens with one attached hydrogen (secondary N) is 1. The van der Waals surface area contributed by atoms with Gasteiger partial charge in [0.25, 0.3) is 0 Å². The van der Waals surface area contributed by atoms with Crippen molar-refractivity contribution in [3.8, 4) is 0 Å². The van der Waals surface area contributed by atoms with Crippen LogP contribution in [0.4, 0.5) is 0 Å². The van der Waals surface area contributed by atoms with Gasteiger partial charge in [0.1, 0.15) is 0 Å². The number of hydrogen-bond acceptors (Lipinski definition) is 4. The summed E-state index contributed by atoms with van der Waals surface area (Å²) < 4.78 is 5.69. The summed E-state index contributed by atoms with van der Waals surface area (Å²) in [4.78, 5) is 4.94. The first-order valence-corrected chi connectivity index (χ1v) is 6.08. The second kappa shape index (κ2) is 5.80. The first kappa shape index (κ1) is 11.3. The Balaban J connectivity index is 1.46. The topological polar surface area (TPSA) is 27.7 Å². The van der Waals surface area contributed by atoms with Crippen molar-refractivity contribution in [2.24, 2.45) is 0 Å². The molecular formula is C11H23N3O. The SMILES string of the molecule is CN1CCN(CCCOC2CNC2)CC1. The van der Waals surface area contributed by atoms with Crippen LogP contribution in [0.5, 0.6) is 0 Å². The van der Waals surface area contributed by atoms with Crippen molar-refractivity contribution in [2.45, 2.75) is 12.5 Å². The summed E-state index contributed by atoms with van der Waals surface area (Å²) in [5.41, 5.74) is 0. The molecule has 0 saturated carbocycles. The van der Waals surface area contributed by atoms with Crippen LogP contribution in [0.2, 0.25) is 0 Å². The standard InChI is InChI=1S/C11H23N3O/c1-13-4-6-14(7-5-13)3-2-8-15-11-9-12-10-11/h11-12H,2-10H2,1H3. The molecule has 0 spiro atoms. The van der Waals surface area contributed by atoms with Crippen LogP contribution >= 0.6 is 0 Å². The summed E-state index contributed by atoms with van der Waals surface area (Å²) in [5.74, 6) is 0. The van der Waals surface area contributed by atoms with Crippen LogP contribution in [0.3, 0.4) is 0 Å². The Morgan fingerprint density at radius 3 is 2.53 bits per heavy atom. The van der Waals surface area contributed by atoms with Gasteiger partial charge in [-0.25, -0.2) is 0 Å². The van der Waals surface area contributed by atoms with E-state index >= 15 is 0 Å². The van der Waals surface area contributed by atoms with Crippen LogP contribution in [0, 0.1) is 0 Å². The van der Waals surface area contributed by atoms with Crippen LogP contribution in [0.15, 0.2) is 0 Å². The van der Waals surface area contributed by atoms with Gasteiger partial charge in [-0.2, -0.15) is 0 Å². The minimum atomic E-state index is 0.498.